The van der Waals surface area contributed by atoms with Crippen molar-refractivity contribution in [1.82, 2.24) is 9.58 Å². The molecular weight excluding hydrogens is 492 g/mol. The normalized spacial score (nSPS) is 21.5. The summed E-state index contributed by atoms with van der Waals surface area (Å²) < 4.78 is 23.1. The van der Waals surface area contributed by atoms with Gasteiger partial charge in [0.2, 0.25) is 0 Å². The zero-order valence-electron chi connectivity index (χ0n) is 17.5. The molecule has 2 unspecified atom stereocenters. The predicted molar refractivity (Wildman–Crippen MR) is 120 cm³/mol. The number of hydrogen-bond donors (Lipinski definition) is 1. The second-order valence-corrected chi connectivity index (χ2v) is 10.4. The van der Waals surface area contributed by atoms with Crippen LogP contribution in [0.1, 0.15) is 33.2 Å². The number of halogens is 1. The topological polar surface area (TPSA) is 75.0 Å². The van der Waals surface area contributed by atoms with E-state index in [0.717, 1.165) is 22.0 Å². The quantitative estimate of drug-likeness (QED) is 0.494. The van der Waals surface area contributed by atoms with Gasteiger partial charge >= 0.3 is 195 Å². The van der Waals surface area contributed by atoms with Crippen molar-refractivity contribution < 1.29 is 19.0 Å². The summed E-state index contributed by atoms with van der Waals surface area (Å²) in [6, 6.07) is 13.8. The van der Waals surface area contributed by atoms with E-state index in [0.29, 0.717) is 13.2 Å². The summed E-state index contributed by atoms with van der Waals surface area (Å²) in [5.74, 6) is -1.33. The molecule has 0 aliphatic carbocycles. The van der Waals surface area contributed by atoms with Gasteiger partial charge in [0.15, 0.2) is 0 Å². The Hall–Kier alpha value is -3.13. The van der Waals surface area contributed by atoms with Gasteiger partial charge in [0.1, 0.15) is 0 Å². The number of benzene rings is 2. The number of ether oxygens (including phenoxy) is 1. The molecule has 6 rings (SSSR count). The van der Waals surface area contributed by atoms with E-state index in [1.165, 1.54) is 22.8 Å². The fourth-order valence-corrected chi connectivity index (χ4v) is 7.23. The number of nitrogens with zero attached hydrogens (tertiary/aromatic N) is 3. The van der Waals surface area contributed by atoms with Gasteiger partial charge in [0.05, 0.1) is 0 Å². The molecule has 7 nitrogen and oxygen atoms in total. The molecular formula is C24H20FN3O4Se. The van der Waals surface area contributed by atoms with E-state index in [4.69, 9.17) is 4.74 Å². The first kappa shape index (κ1) is 20.5. The van der Waals surface area contributed by atoms with Gasteiger partial charge in [-0.05, 0) is 0 Å². The second kappa shape index (κ2) is 7.73. The van der Waals surface area contributed by atoms with Gasteiger partial charge in [0, 0.05) is 0 Å². The molecule has 33 heavy (non-hydrogen) atoms. The maximum atomic E-state index is 14.6. The average molecular weight is 512 g/mol. The third-order valence-corrected chi connectivity index (χ3v) is 8.83. The van der Waals surface area contributed by atoms with Crippen molar-refractivity contribution in [1.29, 1.82) is 0 Å². The summed E-state index contributed by atoms with van der Waals surface area (Å²) in [5.41, 5.74) is 2.18. The average Bonchev–Trinajstić information content (AvgIpc) is 2.98. The number of rotatable bonds is 1. The molecule has 3 aliphatic rings. The Kier molecular flexibility index (Phi) is 4.79. The Balaban J connectivity index is 1.67. The number of morpholine rings is 1. The molecule has 3 aliphatic heterocycles. The van der Waals surface area contributed by atoms with Crippen LogP contribution in [-0.2, 0) is 10.1 Å². The van der Waals surface area contributed by atoms with E-state index >= 15 is 0 Å². The van der Waals surface area contributed by atoms with Crippen molar-refractivity contribution in [2.24, 2.45) is 0 Å². The monoisotopic (exact) mass is 513 g/mol. The van der Waals surface area contributed by atoms with E-state index in [1.54, 1.807) is 15.6 Å². The first-order valence-electron chi connectivity index (χ1n) is 10.7. The van der Waals surface area contributed by atoms with E-state index in [2.05, 4.69) is 6.07 Å². The number of amides is 1. The van der Waals surface area contributed by atoms with Crippen molar-refractivity contribution in [2.45, 2.75) is 17.5 Å². The van der Waals surface area contributed by atoms with E-state index < -0.39 is 29.3 Å². The van der Waals surface area contributed by atoms with E-state index in [9.17, 15) is 19.1 Å². The molecule has 3 aromatic rings. The van der Waals surface area contributed by atoms with Gasteiger partial charge in [-0.1, -0.05) is 0 Å². The molecule has 0 radical (unpaired) electrons. The maximum absolute atomic E-state index is 14.6. The van der Waals surface area contributed by atoms with Crippen LogP contribution in [0.2, 0.25) is 0 Å². The van der Waals surface area contributed by atoms with Gasteiger partial charge in [-0.3, -0.25) is 0 Å². The molecule has 9 heteroatoms. The van der Waals surface area contributed by atoms with E-state index in [-0.39, 0.29) is 33.1 Å². The second-order valence-electron chi connectivity index (χ2n) is 8.23. The van der Waals surface area contributed by atoms with Crippen LogP contribution in [0.5, 0.6) is 5.75 Å². The fraction of sp³-hybridized carbons (Fsp3) is 0.250. The van der Waals surface area contributed by atoms with Crippen molar-refractivity contribution in [3.05, 3.63) is 93.2 Å². The Labute approximate surface area is 195 Å². The fourth-order valence-electron chi connectivity index (χ4n) is 4.93. The summed E-state index contributed by atoms with van der Waals surface area (Å²) in [6.07, 6.45) is 1.03. The van der Waals surface area contributed by atoms with Gasteiger partial charge in [-0.15, -0.1) is 0 Å². The van der Waals surface area contributed by atoms with Crippen molar-refractivity contribution in [2.75, 3.05) is 24.8 Å². The summed E-state index contributed by atoms with van der Waals surface area (Å²) in [5, 5.41) is 13.4. The molecule has 0 saturated carbocycles. The number of aromatic hydroxyl groups is 1. The Morgan fingerprint density at radius 3 is 2.82 bits per heavy atom. The number of aromatic nitrogens is 1. The summed E-state index contributed by atoms with van der Waals surface area (Å²) >= 11 is 0.140. The van der Waals surface area contributed by atoms with Crippen LogP contribution in [0.3, 0.4) is 0 Å². The molecule has 168 valence electrons. The van der Waals surface area contributed by atoms with Crippen LogP contribution in [-0.4, -0.2) is 61.5 Å². The number of carbonyl (C=O) groups is 1. The summed E-state index contributed by atoms with van der Waals surface area (Å²) in [4.78, 5) is 27.2. The molecule has 1 N–H and O–H groups in total. The third kappa shape index (κ3) is 3.11. The number of carbonyl (C=O) groups excluding carboxylic acids is 1. The minimum atomic E-state index is -0.614. The van der Waals surface area contributed by atoms with Crippen molar-refractivity contribution in [3.8, 4) is 5.75 Å². The molecule has 0 spiro atoms. The van der Waals surface area contributed by atoms with Gasteiger partial charge in [0.25, 0.3) is 0 Å². The Morgan fingerprint density at radius 1 is 1.09 bits per heavy atom. The van der Waals surface area contributed by atoms with Crippen LogP contribution < -0.4 is 14.9 Å². The SMILES string of the molecule is O=C1c2c(O)c(=O)ccn2N(C2c3cc(F)ccc3C[Se]c3ccccc32)C2COCCN12. The number of fused-ring (bicyclic) bond motifs is 4. The molecule has 1 saturated heterocycles. The molecule has 2 aromatic carbocycles. The Morgan fingerprint density at radius 2 is 1.94 bits per heavy atom. The van der Waals surface area contributed by atoms with Gasteiger partial charge in [-0.25, -0.2) is 0 Å². The van der Waals surface area contributed by atoms with Crippen LogP contribution in [0, 0.1) is 5.82 Å². The minimum absolute atomic E-state index is 0.0779. The Bertz CT molecular complexity index is 1340. The molecule has 1 fully saturated rings. The number of pyridine rings is 1. The first-order valence-corrected chi connectivity index (χ1v) is 12.7. The van der Waals surface area contributed by atoms with Crippen molar-refractivity contribution in [3.63, 3.8) is 0 Å². The van der Waals surface area contributed by atoms with Gasteiger partial charge < -0.3 is 0 Å². The number of hydrogen-bond acceptors (Lipinski definition) is 5. The van der Waals surface area contributed by atoms with Crippen LogP contribution in [0.15, 0.2) is 59.5 Å². The van der Waals surface area contributed by atoms with E-state index in [1.807, 2.05) is 29.3 Å². The molecule has 2 atom stereocenters. The van der Waals surface area contributed by atoms with Crippen molar-refractivity contribution >= 4 is 25.3 Å². The predicted octanol–water partition coefficient (Wildman–Crippen LogP) is 1.08. The van der Waals surface area contributed by atoms with Crippen LogP contribution in [0.4, 0.5) is 4.39 Å². The van der Waals surface area contributed by atoms with Crippen LogP contribution >= 0.6 is 0 Å². The summed E-state index contributed by atoms with van der Waals surface area (Å²) in [7, 11) is 0. The molecule has 0 bridgehead atoms. The van der Waals surface area contributed by atoms with Crippen LogP contribution in [0.25, 0.3) is 0 Å². The first-order chi connectivity index (χ1) is 16.0. The third-order valence-electron chi connectivity index (χ3n) is 6.44. The molecule has 4 heterocycles. The standard InChI is InChI=1S/C24H20FN3O4Se/c25-15-6-5-14-13-33-19-4-2-1-3-16(19)21(17(14)11-15)28-20-12-32-10-9-26(20)24(31)22-23(30)18(29)7-8-27(22)28/h1-8,11,20-21,30H,9-10,12-13H2. The zero-order chi connectivity index (χ0) is 22.7. The summed E-state index contributed by atoms with van der Waals surface area (Å²) in [6.45, 7) is 0.951. The van der Waals surface area contributed by atoms with Gasteiger partial charge in [-0.2, -0.15) is 0 Å². The molecule has 1 amide bonds. The molecule has 1 aromatic heterocycles. The zero-order valence-corrected chi connectivity index (χ0v) is 19.2.